The molecule has 20 heavy (non-hydrogen) atoms. The molecule has 0 radical (unpaired) electrons. The van der Waals surface area contributed by atoms with Gasteiger partial charge in [0.05, 0.1) is 13.1 Å². The number of aliphatic imine (C=N–C) groups is 1. The van der Waals surface area contributed by atoms with E-state index in [0.29, 0.717) is 13.1 Å². The smallest absolute Gasteiger partial charge is 0.194 e. The average Bonchev–Trinajstić information content (AvgIpc) is 3.10. The Morgan fingerprint density at radius 1 is 1.55 bits per heavy atom. The van der Waals surface area contributed by atoms with Crippen molar-refractivity contribution in [1.82, 2.24) is 20.4 Å². The fourth-order valence-electron chi connectivity index (χ4n) is 1.77. The molecule has 108 valence electrons. The van der Waals surface area contributed by atoms with Crippen molar-refractivity contribution in [2.24, 2.45) is 4.99 Å². The number of nitrogens with one attached hydrogen (secondary N) is 1. The van der Waals surface area contributed by atoms with E-state index in [4.69, 9.17) is 4.52 Å². The largest absolute Gasteiger partial charge is 0.364 e. The van der Waals surface area contributed by atoms with Gasteiger partial charge in [0, 0.05) is 31.2 Å². The highest BCUT2D eigenvalue weighted by Crippen LogP contribution is 2.13. The van der Waals surface area contributed by atoms with E-state index in [1.54, 1.807) is 24.6 Å². The van der Waals surface area contributed by atoms with E-state index in [2.05, 4.69) is 27.4 Å². The molecule has 0 aliphatic heterocycles. The average molecular weight is 293 g/mol. The molecule has 0 amide bonds. The van der Waals surface area contributed by atoms with Gasteiger partial charge in [-0.3, -0.25) is 4.99 Å². The van der Waals surface area contributed by atoms with Crippen LogP contribution < -0.4 is 5.32 Å². The third kappa shape index (κ3) is 3.80. The van der Waals surface area contributed by atoms with Crippen LogP contribution in [-0.2, 0) is 19.5 Å². The van der Waals surface area contributed by atoms with Crippen molar-refractivity contribution in [2.45, 2.75) is 26.4 Å². The molecule has 0 spiro atoms. The van der Waals surface area contributed by atoms with Crippen molar-refractivity contribution in [3.05, 3.63) is 34.1 Å². The number of nitrogens with zero attached hydrogens (tertiary/aromatic N) is 4. The maximum Gasteiger partial charge on any atom is 0.194 e. The number of rotatable bonds is 5. The van der Waals surface area contributed by atoms with Gasteiger partial charge in [0.1, 0.15) is 17.0 Å². The van der Waals surface area contributed by atoms with Crippen molar-refractivity contribution in [3.8, 4) is 0 Å². The van der Waals surface area contributed by atoms with Crippen LogP contribution in [0, 0.1) is 0 Å². The van der Waals surface area contributed by atoms with E-state index in [-0.39, 0.29) is 0 Å². The highest BCUT2D eigenvalue weighted by atomic mass is 32.1. The first-order chi connectivity index (χ1) is 9.72. The molecule has 2 rings (SSSR count). The monoisotopic (exact) mass is 293 g/mol. The standard InChI is InChI=1S/C13H19N5OS/c1-4-11-7-15-12(20-11)8-16-13(14-2)18(3)9-10-5-6-19-17-10/h5-7H,4,8-9H2,1-3H3,(H,14,16). The van der Waals surface area contributed by atoms with Gasteiger partial charge in [-0.15, -0.1) is 11.3 Å². The summed E-state index contributed by atoms with van der Waals surface area (Å²) in [5.74, 6) is 0.807. The molecule has 2 heterocycles. The molecule has 0 bridgehead atoms. The Bertz CT molecular complexity index is 549. The van der Waals surface area contributed by atoms with Gasteiger partial charge in [0.15, 0.2) is 5.96 Å². The molecule has 0 saturated carbocycles. The molecular formula is C13H19N5OS. The van der Waals surface area contributed by atoms with Crippen LogP contribution in [-0.4, -0.2) is 35.1 Å². The molecule has 2 aromatic rings. The van der Waals surface area contributed by atoms with Gasteiger partial charge in [0.2, 0.25) is 0 Å². The molecule has 0 aliphatic carbocycles. The number of hydrogen-bond donors (Lipinski definition) is 1. The summed E-state index contributed by atoms with van der Waals surface area (Å²) in [4.78, 5) is 11.9. The molecule has 2 aromatic heterocycles. The van der Waals surface area contributed by atoms with Crippen LogP contribution in [0.1, 0.15) is 22.5 Å². The van der Waals surface area contributed by atoms with Gasteiger partial charge in [0.25, 0.3) is 0 Å². The van der Waals surface area contributed by atoms with Gasteiger partial charge < -0.3 is 14.7 Å². The van der Waals surface area contributed by atoms with Crippen LogP contribution in [0.25, 0.3) is 0 Å². The summed E-state index contributed by atoms with van der Waals surface area (Å²) in [5.41, 5.74) is 0.873. The molecule has 0 fully saturated rings. The van der Waals surface area contributed by atoms with Gasteiger partial charge in [-0.25, -0.2) is 4.98 Å². The number of aromatic nitrogens is 2. The summed E-state index contributed by atoms with van der Waals surface area (Å²) in [6.45, 7) is 3.46. The third-order valence-corrected chi connectivity index (χ3v) is 3.95. The Hall–Kier alpha value is -1.89. The molecule has 0 saturated heterocycles. The van der Waals surface area contributed by atoms with Gasteiger partial charge in [-0.05, 0) is 6.42 Å². The van der Waals surface area contributed by atoms with Crippen LogP contribution in [0.2, 0.25) is 0 Å². The number of aryl methyl sites for hydroxylation is 1. The molecule has 0 aliphatic rings. The van der Waals surface area contributed by atoms with E-state index in [1.165, 1.54) is 4.88 Å². The zero-order valence-electron chi connectivity index (χ0n) is 12.0. The minimum absolute atomic E-state index is 0.647. The lowest BCUT2D eigenvalue weighted by Gasteiger charge is -2.20. The van der Waals surface area contributed by atoms with Crippen LogP contribution in [0.4, 0.5) is 0 Å². The van der Waals surface area contributed by atoms with Crippen molar-refractivity contribution in [2.75, 3.05) is 14.1 Å². The summed E-state index contributed by atoms with van der Waals surface area (Å²) in [7, 11) is 3.73. The van der Waals surface area contributed by atoms with Gasteiger partial charge in [-0.1, -0.05) is 12.1 Å². The molecular weight excluding hydrogens is 274 g/mol. The van der Waals surface area contributed by atoms with Gasteiger partial charge >= 0.3 is 0 Å². The van der Waals surface area contributed by atoms with E-state index in [9.17, 15) is 0 Å². The SMILES string of the molecule is CCc1cnc(CNC(=NC)N(C)Cc2ccon2)s1. The number of thiazole rings is 1. The molecule has 1 N–H and O–H groups in total. The van der Waals surface area contributed by atoms with E-state index >= 15 is 0 Å². The van der Waals surface area contributed by atoms with Crippen molar-refractivity contribution < 1.29 is 4.52 Å². The Morgan fingerprint density at radius 3 is 3.00 bits per heavy atom. The topological polar surface area (TPSA) is 66.6 Å². The molecule has 0 aromatic carbocycles. The second-order valence-corrected chi connectivity index (χ2v) is 5.52. The zero-order valence-corrected chi connectivity index (χ0v) is 12.8. The molecule has 6 nitrogen and oxygen atoms in total. The first kappa shape index (κ1) is 14.5. The van der Waals surface area contributed by atoms with Crippen molar-refractivity contribution in [3.63, 3.8) is 0 Å². The van der Waals surface area contributed by atoms with Crippen molar-refractivity contribution >= 4 is 17.3 Å². The lowest BCUT2D eigenvalue weighted by Crippen LogP contribution is -2.38. The fourth-order valence-corrected chi connectivity index (χ4v) is 2.57. The van der Waals surface area contributed by atoms with Crippen LogP contribution in [0.5, 0.6) is 0 Å². The predicted octanol–water partition coefficient (Wildman–Crippen LogP) is 1.90. The van der Waals surface area contributed by atoms with E-state index in [0.717, 1.165) is 23.1 Å². The van der Waals surface area contributed by atoms with Crippen LogP contribution in [0.15, 0.2) is 28.0 Å². The van der Waals surface area contributed by atoms with Crippen LogP contribution in [0.3, 0.4) is 0 Å². The minimum atomic E-state index is 0.647. The second-order valence-electron chi connectivity index (χ2n) is 4.32. The third-order valence-electron chi connectivity index (χ3n) is 2.81. The number of guanidine groups is 1. The summed E-state index contributed by atoms with van der Waals surface area (Å²) >= 11 is 1.73. The Morgan fingerprint density at radius 2 is 2.40 bits per heavy atom. The summed E-state index contributed by atoms with van der Waals surface area (Å²) in [6.07, 6.45) is 4.53. The Kier molecular flexibility index (Phi) is 5.11. The quantitative estimate of drug-likeness (QED) is 0.673. The van der Waals surface area contributed by atoms with E-state index in [1.807, 2.05) is 24.2 Å². The molecule has 0 unspecified atom stereocenters. The van der Waals surface area contributed by atoms with E-state index < -0.39 is 0 Å². The second kappa shape index (κ2) is 7.04. The fraction of sp³-hybridized carbons (Fsp3) is 0.462. The maximum atomic E-state index is 4.83. The number of hydrogen-bond acceptors (Lipinski definition) is 5. The Balaban J connectivity index is 1.88. The summed E-state index contributed by atoms with van der Waals surface area (Å²) in [6, 6.07) is 1.85. The lowest BCUT2D eigenvalue weighted by atomic mass is 10.4. The molecule has 7 heteroatoms. The molecule has 0 atom stereocenters. The van der Waals surface area contributed by atoms with Gasteiger partial charge in [-0.2, -0.15) is 0 Å². The minimum Gasteiger partial charge on any atom is -0.364 e. The van der Waals surface area contributed by atoms with Crippen molar-refractivity contribution in [1.29, 1.82) is 0 Å². The Labute approximate surface area is 122 Å². The zero-order chi connectivity index (χ0) is 14.4. The normalized spacial score (nSPS) is 11.7. The van der Waals surface area contributed by atoms with Crippen LogP contribution >= 0.6 is 11.3 Å². The predicted molar refractivity (Wildman–Crippen MR) is 79.7 cm³/mol. The first-order valence-corrected chi connectivity index (χ1v) is 7.29. The lowest BCUT2D eigenvalue weighted by molar-refractivity contribution is 0.391. The summed E-state index contributed by atoms with van der Waals surface area (Å²) < 4.78 is 4.83. The first-order valence-electron chi connectivity index (χ1n) is 6.47. The highest BCUT2D eigenvalue weighted by Gasteiger charge is 2.09. The maximum absolute atomic E-state index is 4.83. The summed E-state index contributed by atoms with van der Waals surface area (Å²) in [5, 5.41) is 8.26. The highest BCUT2D eigenvalue weighted by molar-refractivity contribution is 7.11.